The van der Waals surface area contributed by atoms with Crippen LogP contribution in [0.25, 0.3) is 0 Å². The predicted octanol–water partition coefficient (Wildman–Crippen LogP) is 2.49. The topological polar surface area (TPSA) is 27.1 Å². The van der Waals surface area contributed by atoms with Crippen molar-refractivity contribution in [3.63, 3.8) is 0 Å². The first-order valence-electron chi connectivity index (χ1n) is 4.75. The number of halogens is 2. The van der Waals surface area contributed by atoms with Crippen molar-refractivity contribution in [3.05, 3.63) is 0 Å². The van der Waals surface area contributed by atoms with Crippen molar-refractivity contribution in [3.8, 4) is 0 Å². The molecule has 0 atom stereocenters. The third-order valence-corrected chi connectivity index (χ3v) is 2.36. The van der Waals surface area contributed by atoms with E-state index in [1.807, 2.05) is 6.92 Å². The predicted molar refractivity (Wildman–Crippen MR) is 48.4 cm³/mol. The van der Waals surface area contributed by atoms with E-state index in [0.29, 0.717) is 25.3 Å². The average Bonchev–Trinajstić information content (AvgIpc) is 2.04. The van der Waals surface area contributed by atoms with E-state index in [1.165, 1.54) is 0 Å². The molecule has 0 unspecified atom stereocenters. The van der Waals surface area contributed by atoms with Gasteiger partial charge in [-0.05, 0) is 6.42 Å². The number of likely N-dealkylation sites (tertiary alicyclic amines) is 1. The van der Waals surface area contributed by atoms with Gasteiger partial charge in [0.15, 0.2) is 0 Å². The van der Waals surface area contributed by atoms with Crippen molar-refractivity contribution in [1.29, 1.82) is 5.41 Å². The van der Waals surface area contributed by atoms with Gasteiger partial charge in [-0.15, -0.1) is 0 Å². The van der Waals surface area contributed by atoms with E-state index in [9.17, 15) is 8.78 Å². The Hall–Kier alpha value is -0.670. The smallest absolute Gasteiger partial charge is 0.251 e. The van der Waals surface area contributed by atoms with E-state index >= 15 is 0 Å². The molecule has 1 saturated heterocycles. The lowest BCUT2D eigenvalue weighted by atomic mass is 10.1. The molecule has 0 aromatic heterocycles. The fraction of sp³-hybridized carbons (Fsp3) is 0.889. The molecule has 1 rings (SSSR count). The molecule has 0 radical (unpaired) electrons. The zero-order valence-corrected chi connectivity index (χ0v) is 7.95. The highest BCUT2D eigenvalue weighted by atomic mass is 19.3. The van der Waals surface area contributed by atoms with Crippen LogP contribution in [0.4, 0.5) is 8.78 Å². The van der Waals surface area contributed by atoms with Crippen molar-refractivity contribution in [2.45, 2.75) is 38.5 Å². The van der Waals surface area contributed by atoms with E-state index in [1.54, 1.807) is 4.90 Å². The Balaban J connectivity index is 2.36. The second-order valence-corrected chi connectivity index (χ2v) is 3.54. The maximum atomic E-state index is 12.7. The first-order valence-corrected chi connectivity index (χ1v) is 4.75. The average molecular weight is 190 g/mol. The van der Waals surface area contributed by atoms with Gasteiger partial charge >= 0.3 is 0 Å². The number of hydrogen-bond donors (Lipinski definition) is 1. The molecule has 0 amide bonds. The molecule has 1 aliphatic rings. The van der Waals surface area contributed by atoms with E-state index in [2.05, 4.69) is 0 Å². The molecule has 0 saturated carbocycles. The van der Waals surface area contributed by atoms with Gasteiger partial charge < -0.3 is 4.90 Å². The van der Waals surface area contributed by atoms with Gasteiger partial charge in [0.2, 0.25) is 0 Å². The minimum absolute atomic E-state index is 0.0981. The summed E-state index contributed by atoms with van der Waals surface area (Å²) in [7, 11) is 0. The van der Waals surface area contributed by atoms with Crippen LogP contribution in [-0.2, 0) is 0 Å². The van der Waals surface area contributed by atoms with Gasteiger partial charge in [-0.25, -0.2) is 8.78 Å². The fourth-order valence-electron chi connectivity index (χ4n) is 1.50. The largest absolute Gasteiger partial charge is 0.360 e. The molecule has 1 N–H and O–H groups in total. The Labute approximate surface area is 77.4 Å². The lowest BCUT2D eigenvalue weighted by Crippen LogP contribution is -2.42. The quantitative estimate of drug-likeness (QED) is 0.525. The molecule has 1 fully saturated rings. The van der Waals surface area contributed by atoms with Gasteiger partial charge in [-0.3, -0.25) is 5.41 Å². The summed E-state index contributed by atoms with van der Waals surface area (Å²) >= 11 is 0. The van der Waals surface area contributed by atoms with E-state index in [0.717, 1.165) is 6.42 Å². The number of rotatable bonds is 2. The molecule has 1 heterocycles. The van der Waals surface area contributed by atoms with Crippen LogP contribution in [-0.4, -0.2) is 29.7 Å². The van der Waals surface area contributed by atoms with E-state index < -0.39 is 5.92 Å². The maximum Gasteiger partial charge on any atom is 0.251 e. The van der Waals surface area contributed by atoms with Gasteiger partial charge in [0.1, 0.15) is 0 Å². The van der Waals surface area contributed by atoms with Gasteiger partial charge in [-0.2, -0.15) is 0 Å². The van der Waals surface area contributed by atoms with Crippen molar-refractivity contribution < 1.29 is 8.78 Å². The SMILES string of the molecule is CCCC(=N)N1CCC(F)(F)CC1. The summed E-state index contributed by atoms with van der Waals surface area (Å²) in [5.41, 5.74) is 0. The Bertz CT molecular complexity index is 182. The molecule has 1 aliphatic heterocycles. The fourth-order valence-corrected chi connectivity index (χ4v) is 1.50. The molecular formula is C9H16F2N2. The van der Waals surface area contributed by atoms with Crippen molar-refractivity contribution in [2.75, 3.05) is 13.1 Å². The highest BCUT2D eigenvalue weighted by molar-refractivity contribution is 5.79. The second-order valence-electron chi connectivity index (χ2n) is 3.54. The van der Waals surface area contributed by atoms with Crippen LogP contribution in [0.15, 0.2) is 0 Å². The van der Waals surface area contributed by atoms with Crippen LogP contribution in [0.1, 0.15) is 32.6 Å². The van der Waals surface area contributed by atoms with Crippen molar-refractivity contribution in [2.24, 2.45) is 0 Å². The number of alkyl halides is 2. The molecule has 0 aromatic rings. The minimum Gasteiger partial charge on any atom is -0.360 e. The minimum atomic E-state index is -2.50. The van der Waals surface area contributed by atoms with Gasteiger partial charge in [0, 0.05) is 32.4 Å². The lowest BCUT2D eigenvalue weighted by molar-refractivity contribution is -0.0438. The zero-order chi connectivity index (χ0) is 9.90. The molecule has 2 nitrogen and oxygen atoms in total. The highest BCUT2D eigenvalue weighted by Gasteiger charge is 2.34. The first-order chi connectivity index (χ1) is 6.05. The number of amidine groups is 1. The van der Waals surface area contributed by atoms with Crippen molar-refractivity contribution >= 4 is 5.84 Å². The van der Waals surface area contributed by atoms with Crippen LogP contribution in [0.3, 0.4) is 0 Å². The molecule has 13 heavy (non-hydrogen) atoms. The standard InChI is InChI=1S/C9H16F2N2/c1-2-3-8(12)13-6-4-9(10,11)5-7-13/h12H,2-7H2,1H3. The number of nitrogens with zero attached hydrogens (tertiary/aromatic N) is 1. The maximum absolute atomic E-state index is 12.7. The second kappa shape index (κ2) is 4.03. The third-order valence-electron chi connectivity index (χ3n) is 2.36. The zero-order valence-electron chi connectivity index (χ0n) is 7.95. The van der Waals surface area contributed by atoms with Gasteiger partial charge in [0.05, 0.1) is 5.84 Å². The van der Waals surface area contributed by atoms with Crippen LogP contribution in [0.5, 0.6) is 0 Å². The first kappa shape index (κ1) is 10.4. The van der Waals surface area contributed by atoms with Crippen molar-refractivity contribution in [1.82, 2.24) is 4.90 Å². The number of hydrogen-bond acceptors (Lipinski definition) is 1. The summed E-state index contributed by atoms with van der Waals surface area (Å²) < 4.78 is 25.5. The van der Waals surface area contributed by atoms with Gasteiger partial charge in [0.25, 0.3) is 5.92 Å². The number of piperidine rings is 1. The molecular weight excluding hydrogens is 174 g/mol. The summed E-state index contributed by atoms with van der Waals surface area (Å²) in [6.07, 6.45) is 1.41. The van der Waals surface area contributed by atoms with Crippen LogP contribution in [0, 0.1) is 5.41 Å². The molecule has 0 spiro atoms. The molecule has 76 valence electrons. The Morgan fingerprint density at radius 1 is 1.38 bits per heavy atom. The monoisotopic (exact) mass is 190 g/mol. The summed E-state index contributed by atoms with van der Waals surface area (Å²) in [4.78, 5) is 1.76. The van der Waals surface area contributed by atoms with Crippen LogP contribution in [0.2, 0.25) is 0 Å². The molecule has 0 bridgehead atoms. The summed E-state index contributed by atoms with van der Waals surface area (Å²) in [6.45, 7) is 2.67. The Morgan fingerprint density at radius 3 is 2.38 bits per heavy atom. The number of nitrogens with one attached hydrogen (secondary N) is 1. The van der Waals surface area contributed by atoms with Gasteiger partial charge in [-0.1, -0.05) is 6.92 Å². The Kier molecular flexibility index (Phi) is 3.22. The van der Waals surface area contributed by atoms with Crippen LogP contribution >= 0.6 is 0 Å². The summed E-state index contributed by atoms with van der Waals surface area (Å²) in [5.74, 6) is -1.98. The molecule has 4 heteroatoms. The summed E-state index contributed by atoms with van der Waals surface area (Å²) in [6, 6.07) is 0. The summed E-state index contributed by atoms with van der Waals surface area (Å²) in [5, 5.41) is 7.59. The van der Waals surface area contributed by atoms with E-state index in [4.69, 9.17) is 5.41 Å². The lowest BCUT2D eigenvalue weighted by Gasteiger charge is -2.33. The highest BCUT2D eigenvalue weighted by Crippen LogP contribution is 2.27. The third kappa shape index (κ3) is 2.94. The van der Waals surface area contributed by atoms with E-state index in [-0.39, 0.29) is 12.8 Å². The molecule has 0 aliphatic carbocycles. The van der Waals surface area contributed by atoms with Crippen LogP contribution < -0.4 is 0 Å². The Morgan fingerprint density at radius 2 is 1.92 bits per heavy atom. The molecule has 0 aromatic carbocycles. The normalized spacial score (nSPS) is 21.6.